The zero-order chi connectivity index (χ0) is 15.6. The molecule has 2 aromatic rings. The van der Waals surface area contributed by atoms with E-state index in [9.17, 15) is 9.18 Å². The Morgan fingerprint density at radius 1 is 1.14 bits per heavy atom. The topological polar surface area (TPSA) is 17.1 Å². The summed E-state index contributed by atoms with van der Waals surface area (Å²) in [7, 11) is 0. The van der Waals surface area contributed by atoms with Gasteiger partial charge in [-0.1, -0.05) is 60.8 Å². The number of carbonyl (C=O) groups excluding carboxylic acids is 1. The second-order valence-corrected chi connectivity index (χ2v) is 8.44. The highest BCUT2D eigenvalue weighted by atomic mass is 79.9. The van der Waals surface area contributed by atoms with E-state index in [1.165, 1.54) is 12.1 Å². The standard InChI is InChI=1S/C16H12Br3FO/c1-2-9-7-11(20)4-6-12(9)15(21)13-5-3-10(16(18)19)8-14(13)17/h3-8,16H,2H2,1H3. The minimum Gasteiger partial charge on any atom is -0.289 e. The summed E-state index contributed by atoms with van der Waals surface area (Å²) in [6, 6.07) is 9.83. The quantitative estimate of drug-likeness (QED) is 0.379. The Kier molecular flexibility index (Phi) is 5.74. The molecule has 2 aromatic carbocycles. The van der Waals surface area contributed by atoms with Crippen LogP contribution in [0.5, 0.6) is 0 Å². The van der Waals surface area contributed by atoms with Crippen LogP contribution in [0.4, 0.5) is 4.39 Å². The zero-order valence-electron chi connectivity index (χ0n) is 11.2. The van der Waals surface area contributed by atoms with Crippen LogP contribution in [0.3, 0.4) is 0 Å². The SMILES string of the molecule is CCc1cc(F)ccc1C(=O)c1ccc(C(Br)Br)cc1Br. The molecule has 0 unspecified atom stereocenters. The smallest absolute Gasteiger partial charge is 0.194 e. The maximum absolute atomic E-state index is 13.3. The van der Waals surface area contributed by atoms with E-state index in [0.717, 1.165) is 15.6 Å². The average Bonchev–Trinajstić information content (AvgIpc) is 2.46. The first-order valence-electron chi connectivity index (χ1n) is 6.34. The molecule has 0 aliphatic rings. The van der Waals surface area contributed by atoms with E-state index in [-0.39, 0.29) is 15.3 Å². The molecule has 0 aromatic heterocycles. The van der Waals surface area contributed by atoms with Gasteiger partial charge in [-0.2, -0.15) is 0 Å². The Bertz CT molecular complexity index is 683. The summed E-state index contributed by atoms with van der Waals surface area (Å²) in [5, 5.41) is 0. The van der Waals surface area contributed by atoms with Gasteiger partial charge < -0.3 is 0 Å². The second kappa shape index (κ2) is 7.16. The maximum atomic E-state index is 13.3. The van der Waals surface area contributed by atoms with Gasteiger partial charge in [0.1, 0.15) is 5.82 Å². The normalized spacial score (nSPS) is 11.0. The summed E-state index contributed by atoms with van der Waals surface area (Å²) in [5.74, 6) is -0.426. The number of aryl methyl sites for hydroxylation is 1. The van der Waals surface area contributed by atoms with Crippen molar-refractivity contribution in [2.24, 2.45) is 0 Å². The Labute approximate surface area is 148 Å². The van der Waals surface area contributed by atoms with Gasteiger partial charge in [-0.15, -0.1) is 0 Å². The van der Waals surface area contributed by atoms with E-state index < -0.39 is 0 Å². The molecule has 0 saturated carbocycles. The Morgan fingerprint density at radius 3 is 2.38 bits per heavy atom. The Balaban J connectivity index is 2.45. The molecule has 0 fully saturated rings. The number of hydrogen-bond acceptors (Lipinski definition) is 1. The summed E-state index contributed by atoms with van der Waals surface area (Å²) in [5.41, 5.74) is 2.84. The van der Waals surface area contributed by atoms with Crippen molar-refractivity contribution in [2.45, 2.75) is 17.1 Å². The summed E-state index contributed by atoms with van der Waals surface area (Å²) in [6.45, 7) is 1.91. The van der Waals surface area contributed by atoms with E-state index >= 15 is 0 Å². The fourth-order valence-corrected chi connectivity index (χ4v) is 3.22. The van der Waals surface area contributed by atoms with Crippen molar-refractivity contribution in [3.8, 4) is 0 Å². The number of alkyl halides is 2. The molecule has 110 valence electrons. The van der Waals surface area contributed by atoms with Crippen LogP contribution in [0.15, 0.2) is 40.9 Å². The van der Waals surface area contributed by atoms with Crippen LogP contribution in [-0.4, -0.2) is 5.78 Å². The summed E-state index contributed by atoms with van der Waals surface area (Å²) in [4.78, 5) is 12.7. The summed E-state index contributed by atoms with van der Waals surface area (Å²) < 4.78 is 14.0. The van der Waals surface area contributed by atoms with Gasteiger partial charge in [0.2, 0.25) is 0 Å². The average molecular weight is 479 g/mol. The molecular formula is C16H12Br3FO. The lowest BCUT2D eigenvalue weighted by atomic mass is 9.96. The van der Waals surface area contributed by atoms with Crippen LogP contribution >= 0.6 is 47.8 Å². The van der Waals surface area contributed by atoms with Crippen molar-refractivity contribution in [1.29, 1.82) is 0 Å². The minimum atomic E-state index is -0.320. The number of ketones is 1. The van der Waals surface area contributed by atoms with Gasteiger partial charge in [-0.05, 0) is 47.9 Å². The second-order valence-electron chi connectivity index (χ2n) is 4.52. The predicted octanol–water partition coefficient (Wildman–Crippen LogP) is 6.17. The molecule has 0 radical (unpaired) electrons. The van der Waals surface area contributed by atoms with Crippen molar-refractivity contribution in [3.63, 3.8) is 0 Å². The molecule has 0 aliphatic heterocycles. The van der Waals surface area contributed by atoms with E-state index in [2.05, 4.69) is 47.8 Å². The van der Waals surface area contributed by atoms with Crippen LogP contribution in [0.25, 0.3) is 0 Å². The van der Waals surface area contributed by atoms with Gasteiger partial charge in [0.15, 0.2) is 5.78 Å². The zero-order valence-corrected chi connectivity index (χ0v) is 15.9. The first kappa shape index (κ1) is 16.8. The predicted molar refractivity (Wildman–Crippen MR) is 93.9 cm³/mol. The van der Waals surface area contributed by atoms with E-state index in [4.69, 9.17) is 0 Å². The highest BCUT2D eigenvalue weighted by Gasteiger charge is 2.17. The van der Waals surface area contributed by atoms with E-state index in [1.54, 1.807) is 12.1 Å². The highest BCUT2D eigenvalue weighted by molar-refractivity contribution is 9.24. The van der Waals surface area contributed by atoms with Gasteiger partial charge in [0, 0.05) is 15.6 Å². The molecule has 0 saturated heterocycles. The van der Waals surface area contributed by atoms with E-state index in [1.807, 2.05) is 19.1 Å². The number of rotatable bonds is 4. The van der Waals surface area contributed by atoms with Crippen molar-refractivity contribution in [3.05, 3.63) is 68.9 Å². The van der Waals surface area contributed by atoms with Crippen molar-refractivity contribution >= 4 is 53.6 Å². The van der Waals surface area contributed by atoms with E-state index in [0.29, 0.717) is 17.5 Å². The molecule has 0 aliphatic carbocycles. The molecule has 5 heteroatoms. The molecule has 0 spiro atoms. The first-order chi connectivity index (χ1) is 9.93. The highest BCUT2D eigenvalue weighted by Crippen LogP contribution is 2.33. The van der Waals surface area contributed by atoms with Crippen LogP contribution in [0.1, 0.15) is 37.7 Å². The third-order valence-corrected chi connectivity index (χ3v) is 4.90. The lowest BCUT2D eigenvalue weighted by Gasteiger charge is -2.10. The third-order valence-electron chi connectivity index (χ3n) is 3.18. The maximum Gasteiger partial charge on any atom is 0.194 e. The van der Waals surface area contributed by atoms with Gasteiger partial charge in [0.25, 0.3) is 0 Å². The Morgan fingerprint density at radius 2 is 1.81 bits per heavy atom. The van der Waals surface area contributed by atoms with Crippen molar-refractivity contribution in [2.75, 3.05) is 0 Å². The third kappa shape index (κ3) is 3.82. The molecule has 21 heavy (non-hydrogen) atoms. The molecule has 2 rings (SSSR count). The van der Waals surface area contributed by atoms with Crippen molar-refractivity contribution < 1.29 is 9.18 Å². The molecule has 0 N–H and O–H groups in total. The van der Waals surface area contributed by atoms with Gasteiger partial charge in [0.05, 0.1) is 3.74 Å². The first-order valence-corrected chi connectivity index (χ1v) is 8.97. The van der Waals surface area contributed by atoms with Crippen LogP contribution < -0.4 is 0 Å². The fraction of sp³-hybridized carbons (Fsp3) is 0.188. The largest absolute Gasteiger partial charge is 0.289 e. The number of carbonyl (C=O) groups is 1. The van der Waals surface area contributed by atoms with Gasteiger partial charge >= 0.3 is 0 Å². The van der Waals surface area contributed by atoms with Crippen LogP contribution in [0.2, 0.25) is 0 Å². The van der Waals surface area contributed by atoms with Gasteiger partial charge in [-0.25, -0.2) is 4.39 Å². The van der Waals surface area contributed by atoms with Gasteiger partial charge in [-0.3, -0.25) is 4.79 Å². The molecule has 1 nitrogen and oxygen atoms in total. The molecular weight excluding hydrogens is 467 g/mol. The fourth-order valence-electron chi connectivity index (χ4n) is 2.07. The molecule has 0 atom stereocenters. The minimum absolute atomic E-state index is 0.0301. The molecule has 0 bridgehead atoms. The number of hydrogen-bond donors (Lipinski definition) is 0. The number of benzene rings is 2. The summed E-state index contributed by atoms with van der Waals surface area (Å²) >= 11 is 10.3. The van der Waals surface area contributed by atoms with Crippen LogP contribution in [-0.2, 0) is 6.42 Å². The lowest BCUT2D eigenvalue weighted by Crippen LogP contribution is -2.07. The number of halogens is 4. The molecule has 0 amide bonds. The summed E-state index contributed by atoms with van der Waals surface area (Å²) in [6.07, 6.45) is 0.611. The Hall–Kier alpha value is -0.520. The molecule has 0 heterocycles. The monoisotopic (exact) mass is 476 g/mol. The van der Waals surface area contributed by atoms with Crippen molar-refractivity contribution in [1.82, 2.24) is 0 Å². The lowest BCUT2D eigenvalue weighted by molar-refractivity contribution is 0.103. The van der Waals surface area contributed by atoms with Crippen LogP contribution in [0, 0.1) is 5.82 Å².